The van der Waals surface area contributed by atoms with Gasteiger partial charge in [-0.2, -0.15) is 13.2 Å². The molecule has 0 spiro atoms. The lowest BCUT2D eigenvalue weighted by Crippen LogP contribution is -2.45. The predicted molar refractivity (Wildman–Crippen MR) is 103 cm³/mol. The highest BCUT2D eigenvalue weighted by molar-refractivity contribution is 6.33. The van der Waals surface area contributed by atoms with Crippen LogP contribution in [0.1, 0.15) is 31.2 Å². The van der Waals surface area contributed by atoms with Crippen LogP contribution >= 0.6 is 11.6 Å². The number of anilines is 1. The maximum absolute atomic E-state index is 12.8. The Balaban J connectivity index is 1.50. The minimum atomic E-state index is -4.45. The van der Waals surface area contributed by atoms with Crippen molar-refractivity contribution in [1.29, 1.82) is 0 Å². The average molecular weight is 420 g/mol. The van der Waals surface area contributed by atoms with Crippen LogP contribution in [0.2, 0.25) is 5.02 Å². The number of aliphatic imine (C=N–C) groups is 1. The lowest BCUT2D eigenvalue weighted by atomic mass is 10.2. The zero-order chi connectivity index (χ0) is 20.1. The first kappa shape index (κ1) is 21.0. The number of alkyl halides is 3. The molecule has 0 aliphatic carbocycles. The summed E-state index contributed by atoms with van der Waals surface area (Å²) in [7, 11) is 1.71. The highest BCUT2D eigenvalue weighted by atomic mass is 35.5. The molecule has 2 aliphatic rings. The van der Waals surface area contributed by atoms with Crippen molar-refractivity contribution in [1.82, 2.24) is 15.6 Å². The van der Waals surface area contributed by atoms with Crippen molar-refractivity contribution in [3.8, 4) is 0 Å². The van der Waals surface area contributed by atoms with E-state index in [-0.39, 0.29) is 11.1 Å². The molecule has 3 rings (SSSR count). The molecule has 0 bridgehead atoms. The maximum Gasteiger partial charge on any atom is 0.417 e. The van der Waals surface area contributed by atoms with Crippen LogP contribution < -0.4 is 15.5 Å². The molecule has 0 radical (unpaired) electrons. The summed E-state index contributed by atoms with van der Waals surface area (Å²) in [5.41, 5.74) is -0.842. The third-order valence-corrected chi connectivity index (χ3v) is 5.26. The zero-order valence-electron chi connectivity index (χ0n) is 15.7. The topological polar surface area (TPSA) is 61.8 Å². The molecular formula is C18H25ClF3N5O. The van der Waals surface area contributed by atoms with E-state index in [9.17, 15) is 13.2 Å². The fraction of sp³-hybridized carbons (Fsp3) is 0.667. The van der Waals surface area contributed by atoms with Crippen molar-refractivity contribution in [2.75, 3.05) is 38.2 Å². The number of aromatic nitrogens is 1. The van der Waals surface area contributed by atoms with Gasteiger partial charge >= 0.3 is 6.18 Å². The molecule has 3 heterocycles. The van der Waals surface area contributed by atoms with Crippen molar-refractivity contribution in [2.45, 2.75) is 44.0 Å². The molecule has 10 heteroatoms. The van der Waals surface area contributed by atoms with Gasteiger partial charge < -0.3 is 20.3 Å². The van der Waals surface area contributed by atoms with E-state index in [1.54, 1.807) is 7.05 Å². The predicted octanol–water partition coefficient (Wildman–Crippen LogP) is 3.07. The number of halogens is 4. The number of nitrogens with one attached hydrogen (secondary N) is 2. The molecule has 2 atom stereocenters. The van der Waals surface area contributed by atoms with E-state index in [0.717, 1.165) is 51.1 Å². The van der Waals surface area contributed by atoms with E-state index in [4.69, 9.17) is 16.3 Å². The second kappa shape index (κ2) is 9.17. The SMILES string of the molecule is CN=C(NCCC1CCCO1)NC1CCN(c2ncc(C(F)(F)F)cc2Cl)C1. The fourth-order valence-electron chi connectivity index (χ4n) is 3.50. The summed E-state index contributed by atoms with van der Waals surface area (Å²) >= 11 is 6.05. The molecule has 2 fully saturated rings. The van der Waals surface area contributed by atoms with Crippen LogP contribution in [0.3, 0.4) is 0 Å². The summed E-state index contributed by atoms with van der Waals surface area (Å²) in [6.45, 7) is 2.86. The third kappa shape index (κ3) is 5.41. The van der Waals surface area contributed by atoms with Gasteiger partial charge in [-0.05, 0) is 31.7 Å². The maximum atomic E-state index is 12.8. The van der Waals surface area contributed by atoms with Gasteiger partial charge in [-0.15, -0.1) is 0 Å². The van der Waals surface area contributed by atoms with E-state index < -0.39 is 11.7 Å². The van der Waals surface area contributed by atoms with Crippen LogP contribution in [0, 0.1) is 0 Å². The zero-order valence-corrected chi connectivity index (χ0v) is 16.5. The Labute approximate surface area is 167 Å². The highest BCUT2D eigenvalue weighted by Crippen LogP contribution is 2.34. The van der Waals surface area contributed by atoms with Crippen molar-refractivity contribution in [3.05, 3.63) is 22.8 Å². The third-order valence-electron chi connectivity index (χ3n) is 4.98. The van der Waals surface area contributed by atoms with E-state index in [1.165, 1.54) is 0 Å². The molecule has 2 saturated heterocycles. The quantitative estimate of drug-likeness (QED) is 0.567. The van der Waals surface area contributed by atoms with Crippen molar-refractivity contribution in [3.63, 3.8) is 0 Å². The molecule has 28 heavy (non-hydrogen) atoms. The normalized spacial score (nSPS) is 23.3. The molecular weight excluding hydrogens is 395 g/mol. The number of nitrogens with zero attached hydrogens (tertiary/aromatic N) is 3. The number of rotatable bonds is 5. The Hall–Kier alpha value is -1.74. The molecule has 2 aliphatic heterocycles. The second-order valence-electron chi connectivity index (χ2n) is 7.03. The van der Waals surface area contributed by atoms with Crippen molar-refractivity contribution in [2.24, 2.45) is 4.99 Å². The first-order chi connectivity index (χ1) is 13.4. The summed E-state index contributed by atoms with van der Waals surface area (Å²) in [5.74, 6) is 1.08. The Kier molecular flexibility index (Phi) is 6.87. The Morgan fingerprint density at radius 2 is 2.25 bits per heavy atom. The molecule has 0 amide bonds. The van der Waals surface area contributed by atoms with Gasteiger partial charge in [-0.3, -0.25) is 4.99 Å². The molecule has 2 N–H and O–H groups in total. The van der Waals surface area contributed by atoms with Gasteiger partial charge in [0.05, 0.1) is 16.7 Å². The number of hydrogen-bond donors (Lipinski definition) is 2. The van der Waals surface area contributed by atoms with Crippen molar-refractivity contribution >= 4 is 23.4 Å². The van der Waals surface area contributed by atoms with E-state index in [1.807, 2.05) is 4.90 Å². The van der Waals surface area contributed by atoms with Gasteiger partial charge in [0.15, 0.2) is 5.96 Å². The number of pyridine rings is 1. The smallest absolute Gasteiger partial charge is 0.378 e. The minimum Gasteiger partial charge on any atom is -0.378 e. The first-order valence-corrected chi connectivity index (χ1v) is 9.81. The molecule has 0 saturated carbocycles. The molecule has 0 aromatic carbocycles. The van der Waals surface area contributed by atoms with Gasteiger partial charge in [0.2, 0.25) is 0 Å². The lowest BCUT2D eigenvalue weighted by molar-refractivity contribution is -0.137. The summed E-state index contributed by atoms with van der Waals surface area (Å²) in [6.07, 6.45) is 0.663. The van der Waals surface area contributed by atoms with Crippen LogP contribution in [0.15, 0.2) is 17.3 Å². The summed E-state index contributed by atoms with van der Waals surface area (Å²) < 4.78 is 43.9. The molecule has 6 nitrogen and oxygen atoms in total. The van der Waals surface area contributed by atoms with Gasteiger partial charge in [0.1, 0.15) is 5.82 Å². The fourth-order valence-corrected chi connectivity index (χ4v) is 3.79. The number of ether oxygens (including phenoxy) is 1. The van der Waals surface area contributed by atoms with Crippen LogP contribution in [-0.4, -0.2) is 56.4 Å². The number of guanidine groups is 1. The highest BCUT2D eigenvalue weighted by Gasteiger charge is 2.33. The summed E-state index contributed by atoms with van der Waals surface area (Å²) in [6, 6.07) is 1.03. The molecule has 2 unspecified atom stereocenters. The van der Waals surface area contributed by atoms with E-state index >= 15 is 0 Å². The Morgan fingerprint density at radius 1 is 1.43 bits per heavy atom. The first-order valence-electron chi connectivity index (χ1n) is 9.43. The monoisotopic (exact) mass is 419 g/mol. The second-order valence-corrected chi connectivity index (χ2v) is 7.43. The lowest BCUT2D eigenvalue weighted by Gasteiger charge is -2.21. The standard InChI is InChI=1S/C18H25ClF3N5O/c1-23-17(24-6-4-14-3-2-8-28-14)26-13-5-7-27(11-13)16-15(19)9-12(10-25-16)18(20,21)22/h9-10,13-14H,2-8,11H2,1H3,(H2,23,24,26). The number of hydrogen-bond acceptors (Lipinski definition) is 4. The van der Waals surface area contributed by atoms with Crippen LogP contribution in [-0.2, 0) is 10.9 Å². The van der Waals surface area contributed by atoms with Crippen LogP contribution in [0.5, 0.6) is 0 Å². The average Bonchev–Trinajstić information content (AvgIpc) is 3.32. The molecule has 1 aromatic rings. The van der Waals surface area contributed by atoms with Gasteiger partial charge in [-0.25, -0.2) is 4.98 Å². The van der Waals surface area contributed by atoms with Gasteiger partial charge in [-0.1, -0.05) is 11.6 Å². The van der Waals surface area contributed by atoms with E-state index in [2.05, 4.69) is 20.6 Å². The van der Waals surface area contributed by atoms with Gasteiger partial charge in [0, 0.05) is 45.5 Å². The van der Waals surface area contributed by atoms with Crippen molar-refractivity contribution < 1.29 is 17.9 Å². The largest absolute Gasteiger partial charge is 0.417 e. The Morgan fingerprint density at radius 3 is 2.89 bits per heavy atom. The van der Waals surface area contributed by atoms with Crippen LogP contribution in [0.25, 0.3) is 0 Å². The Bertz CT molecular complexity index is 694. The molecule has 1 aromatic heterocycles. The van der Waals surface area contributed by atoms with Crippen LogP contribution in [0.4, 0.5) is 19.0 Å². The minimum absolute atomic E-state index is 0.00884. The van der Waals surface area contributed by atoms with E-state index in [0.29, 0.717) is 31.0 Å². The summed E-state index contributed by atoms with van der Waals surface area (Å²) in [5, 5.41) is 6.65. The molecule has 156 valence electrons. The summed E-state index contributed by atoms with van der Waals surface area (Å²) in [4.78, 5) is 10.1. The van der Waals surface area contributed by atoms with Gasteiger partial charge in [0.25, 0.3) is 0 Å².